The molecule has 9 heteroatoms. The van der Waals surface area contributed by atoms with Crippen LogP contribution >= 0.6 is 7.82 Å². The van der Waals surface area contributed by atoms with Crippen molar-refractivity contribution in [1.29, 1.82) is 0 Å². The van der Waals surface area contributed by atoms with Gasteiger partial charge in [-0.1, -0.05) is 283 Å². The van der Waals surface area contributed by atoms with E-state index in [0.29, 0.717) is 17.4 Å². The van der Waals surface area contributed by atoms with Crippen LogP contribution in [-0.2, 0) is 18.4 Å². The molecule has 2 N–H and O–H groups in total. The summed E-state index contributed by atoms with van der Waals surface area (Å²) in [6, 6.07) is -0.880. The lowest BCUT2D eigenvalue weighted by atomic mass is 10.0. The first-order valence-corrected chi connectivity index (χ1v) is 30.5. The summed E-state index contributed by atoms with van der Waals surface area (Å²) in [5, 5.41) is 13.8. The van der Waals surface area contributed by atoms with Crippen molar-refractivity contribution < 1.29 is 32.9 Å². The van der Waals surface area contributed by atoms with Crippen molar-refractivity contribution in [2.75, 3.05) is 40.9 Å². The summed E-state index contributed by atoms with van der Waals surface area (Å²) in [6.45, 7) is 4.66. The van der Waals surface area contributed by atoms with Gasteiger partial charge in [-0.15, -0.1) is 0 Å². The molecule has 66 heavy (non-hydrogen) atoms. The highest BCUT2D eigenvalue weighted by atomic mass is 31.2. The fourth-order valence-corrected chi connectivity index (χ4v) is 9.64. The van der Waals surface area contributed by atoms with Crippen molar-refractivity contribution in [3.05, 3.63) is 12.2 Å². The molecular formula is C57H115N2O6P. The van der Waals surface area contributed by atoms with E-state index in [-0.39, 0.29) is 19.1 Å². The largest absolute Gasteiger partial charge is 0.756 e. The number of phosphoric acid groups is 1. The van der Waals surface area contributed by atoms with Crippen LogP contribution in [0.2, 0.25) is 0 Å². The highest BCUT2D eigenvalue weighted by molar-refractivity contribution is 7.45. The maximum Gasteiger partial charge on any atom is 0.268 e. The van der Waals surface area contributed by atoms with Gasteiger partial charge in [0.1, 0.15) is 13.2 Å². The Hall–Kier alpha value is -0.760. The molecule has 0 saturated heterocycles. The second kappa shape index (κ2) is 49.2. The van der Waals surface area contributed by atoms with Crippen LogP contribution < -0.4 is 10.2 Å². The molecule has 394 valence electrons. The maximum absolute atomic E-state index is 12.9. The zero-order chi connectivity index (χ0) is 48.5. The van der Waals surface area contributed by atoms with Gasteiger partial charge in [0.2, 0.25) is 5.91 Å². The van der Waals surface area contributed by atoms with Gasteiger partial charge >= 0.3 is 0 Å². The molecule has 0 aromatic rings. The van der Waals surface area contributed by atoms with Crippen LogP contribution in [0.15, 0.2) is 12.2 Å². The molecule has 0 fully saturated rings. The van der Waals surface area contributed by atoms with Crippen LogP contribution in [-0.4, -0.2) is 68.5 Å². The smallest absolute Gasteiger partial charge is 0.268 e. The van der Waals surface area contributed by atoms with Crippen LogP contribution in [0.4, 0.5) is 0 Å². The van der Waals surface area contributed by atoms with Gasteiger partial charge < -0.3 is 28.8 Å². The zero-order valence-corrected chi connectivity index (χ0v) is 45.8. The number of quaternary nitrogens is 1. The van der Waals surface area contributed by atoms with Crippen LogP contribution in [0.3, 0.4) is 0 Å². The van der Waals surface area contributed by atoms with Crippen molar-refractivity contribution in [1.82, 2.24) is 5.32 Å². The van der Waals surface area contributed by atoms with Gasteiger partial charge in [-0.05, 0) is 19.3 Å². The maximum atomic E-state index is 12.9. The first-order valence-electron chi connectivity index (χ1n) is 29.1. The molecule has 0 heterocycles. The van der Waals surface area contributed by atoms with E-state index in [2.05, 4.69) is 19.2 Å². The fourth-order valence-electron chi connectivity index (χ4n) is 8.92. The van der Waals surface area contributed by atoms with Crippen LogP contribution in [0.1, 0.15) is 296 Å². The summed E-state index contributed by atoms with van der Waals surface area (Å²) < 4.78 is 23.2. The van der Waals surface area contributed by atoms with Crippen molar-refractivity contribution >= 4 is 13.7 Å². The standard InChI is InChI=1S/C57H115N2O6P/c1-6-8-10-12-14-16-18-19-20-21-22-23-24-25-26-27-28-29-30-31-32-33-34-35-36-37-38-39-40-41-43-45-47-49-51-57(61)58-55(54-65-66(62,63)64-53-52-59(3,4)5)56(60)50-48-46-44-42-17-15-13-11-9-7-2/h48,50,55-56,60H,6-47,49,51-54H2,1-5H3,(H-,58,61,62,63)/b50-48+/t55-,56+/m0/s1. The molecule has 1 amide bonds. The van der Waals surface area contributed by atoms with Gasteiger partial charge in [0, 0.05) is 6.42 Å². The molecule has 0 aliphatic heterocycles. The number of carbonyl (C=O) groups excluding carboxylic acids is 1. The Bertz CT molecular complexity index is 1080. The number of amides is 1. The fraction of sp³-hybridized carbons (Fsp3) is 0.947. The number of hydrogen-bond acceptors (Lipinski definition) is 6. The minimum absolute atomic E-state index is 0.00209. The number of rotatable bonds is 54. The predicted molar refractivity (Wildman–Crippen MR) is 284 cm³/mol. The normalized spacial score (nSPS) is 14.0. The topological polar surface area (TPSA) is 108 Å². The number of aliphatic hydroxyl groups excluding tert-OH is 1. The minimum Gasteiger partial charge on any atom is -0.756 e. The summed E-state index contributed by atoms with van der Waals surface area (Å²) in [7, 11) is 1.27. The number of hydrogen-bond donors (Lipinski definition) is 2. The Balaban J connectivity index is 3.86. The monoisotopic (exact) mass is 955 g/mol. The van der Waals surface area contributed by atoms with Crippen LogP contribution in [0, 0.1) is 0 Å². The molecule has 0 rings (SSSR count). The second-order valence-electron chi connectivity index (χ2n) is 21.4. The van der Waals surface area contributed by atoms with E-state index in [0.717, 1.165) is 38.5 Å². The van der Waals surface area contributed by atoms with Crippen molar-refractivity contribution in [2.45, 2.75) is 309 Å². The van der Waals surface area contributed by atoms with E-state index < -0.39 is 20.0 Å². The molecular weight excluding hydrogens is 840 g/mol. The summed E-state index contributed by atoms with van der Waals surface area (Å²) >= 11 is 0. The number of carbonyl (C=O) groups is 1. The van der Waals surface area contributed by atoms with Crippen LogP contribution in [0.25, 0.3) is 0 Å². The molecule has 0 aromatic heterocycles. The van der Waals surface area contributed by atoms with E-state index in [1.54, 1.807) is 6.08 Å². The quantitative estimate of drug-likeness (QED) is 0.0272. The number of likely N-dealkylation sites (N-methyl/N-ethyl adjacent to an activating group) is 1. The average molecular weight is 956 g/mol. The summed E-state index contributed by atoms with van der Waals surface area (Å²) in [5.41, 5.74) is 0. The highest BCUT2D eigenvalue weighted by Gasteiger charge is 2.23. The van der Waals surface area contributed by atoms with Gasteiger partial charge in [-0.2, -0.15) is 0 Å². The molecule has 0 saturated carbocycles. The lowest BCUT2D eigenvalue weighted by Crippen LogP contribution is -2.45. The first-order chi connectivity index (χ1) is 32.0. The summed E-state index contributed by atoms with van der Waals surface area (Å²) in [6.07, 6.45) is 60.4. The number of allylic oxidation sites excluding steroid dienone is 1. The number of aliphatic hydroxyl groups is 1. The lowest BCUT2D eigenvalue weighted by molar-refractivity contribution is -0.870. The van der Waals surface area contributed by atoms with E-state index in [1.165, 1.54) is 238 Å². The third kappa shape index (κ3) is 51.1. The number of nitrogens with zero attached hydrogens (tertiary/aromatic N) is 1. The molecule has 0 aliphatic carbocycles. The van der Waals surface area contributed by atoms with Crippen molar-refractivity contribution in [2.24, 2.45) is 0 Å². The summed E-state index contributed by atoms with van der Waals surface area (Å²) in [4.78, 5) is 25.4. The Morgan fingerprint density at radius 2 is 0.818 bits per heavy atom. The van der Waals surface area contributed by atoms with Gasteiger partial charge in [0.25, 0.3) is 7.82 Å². The Morgan fingerprint density at radius 3 is 1.14 bits per heavy atom. The zero-order valence-electron chi connectivity index (χ0n) is 44.9. The van der Waals surface area contributed by atoms with Crippen LogP contribution in [0.5, 0.6) is 0 Å². The SMILES string of the molecule is CCCCCCCCCC/C=C/[C@@H](O)[C@H](COP(=O)([O-])OCC[N+](C)(C)C)NC(=O)CCCCCCCCCCCCCCCCCCCCCCCCCCCCCCCCCCCC. The van der Waals surface area contributed by atoms with Crippen molar-refractivity contribution in [3.63, 3.8) is 0 Å². The Labute approximate surface area is 412 Å². The molecule has 0 radical (unpaired) electrons. The molecule has 0 aliphatic rings. The van der Waals surface area contributed by atoms with E-state index in [1.807, 2.05) is 27.2 Å². The molecule has 8 nitrogen and oxygen atoms in total. The molecule has 0 spiro atoms. The number of unbranched alkanes of at least 4 members (excludes halogenated alkanes) is 41. The third-order valence-electron chi connectivity index (χ3n) is 13.5. The predicted octanol–water partition coefficient (Wildman–Crippen LogP) is 16.8. The average Bonchev–Trinajstić information content (AvgIpc) is 3.28. The summed E-state index contributed by atoms with van der Waals surface area (Å²) in [5.74, 6) is -0.193. The van der Waals surface area contributed by atoms with E-state index in [9.17, 15) is 19.4 Å². The molecule has 3 atom stereocenters. The van der Waals surface area contributed by atoms with Gasteiger partial charge in [0.15, 0.2) is 0 Å². The molecule has 1 unspecified atom stereocenters. The Kier molecular flexibility index (Phi) is 48.7. The number of nitrogens with one attached hydrogen (secondary N) is 1. The highest BCUT2D eigenvalue weighted by Crippen LogP contribution is 2.38. The van der Waals surface area contributed by atoms with Gasteiger partial charge in [-0.25, -0.2) is 0 Å². The molecule has 0 bridgehead atoms. The van der Waals surface area contributed by atoms with Gasteiger partial charge in [-0.3, -0.25) is 9.36 Å². The second-order valence-corrected chi connectivity index (χ2v) is 22.8. The Morgan fingerprint density at radius 1 is 0.515 bits per heavy atom. The lowest BCUT2D eigenvalue weighted by Gasteiger charge is -2.29. The number of phosphoric ester groups is 1. The van der Waals surface area contributed by atoms with E-state index >= 15 is 0 Å². The van der Waals surface area contributed by atoms with Crippen molar-refractivity contribution in [3.8, 4) is 0 Å². The minimum atomic E-state index is -4.58. The first kappa shape index (κ1) is 65.2. The molecule has 0 aromatic carbocycles. The third-order valence-corrected chi connectivity index (χ3v) is 14.5. The van der Waals surface area contributed by atoms with Gasteiger partial charge in [0.05, 0.1) is 39.9 Å². The van der Waals surface area contributed by atoms with E-state index in [4.69, 9.17) is 9.05 Å².